The molecule has 1 nitrogen and oxygen atoms in total. The smallest absolute Gasteiger partial charge is 0.136 e. The van der Waals surface area contributed by atoms with Crippen molar-refractivity contribution in [2.45, 2.75) is 0 Å². The summed E-state index contributed by atoms with van der Waals surface area (Å²) in [7, 11) is 0. The first-order valence-electron chi connectivity index (χ1n) is 16.9. The highest BCUT2D eigenvalue weighted by molar-refractivity contribution is 6.22. The molecule has 0 saturated carbocycles. The summed E-state index contributed by atoms with van der Waals surface area (Å²) >= 11 is 0. The van der Waals surface area contributed by atoms with Crippen LogP contribution in [0.4, 0.5) is 0 Å². The molecule has 1 aromatic heterocycles. The van der Waals surface area contributed by atoms with Gasteiger partial charge in [-0.3, -0.25) is 0 Å². The summed E-state index contributed by atoms with van der Waals surface area (Å²) in [6.45, 7) is 0. The van der Waals surface area contributed by atoms with Gasteiger partial charge in [0, 0.05) is 10.8 Å². The van der Waals surface area contributed by atoms with Crippen molar-refractivity contribution in [2.75, 3.05) is 0 Å². The Bertz CT molecular complexity index is 2710. The standard InChI is InChI=1S/C42H26O/c1-2-12-27(13-3-1)40-33-18-6-8-20-35(33)41(36-21-9-7-19-34(36)40)31-17-10-16-30(24-31)32-22-11-23-38-42(32)37-25-28-14-4-5-15-29(28)26-39(37)43-38/h1-26H/i1D,2D,3D,12D,13D. The molecule has 0 N–H and O–H groups in total. The summed E-state index contributed by atoms with van der Waals surface area (Å²) in [5.74, 6) is 0. The van der Waals surface area contributed by atoms with Gasteiger partial charge < -0.3 is 4.42 Å². The molecule has 0 radical (unpaired) electrons. The van der Waals surface area contributed by atoms with Gasteiger partial charge in [0.1, 0.15) is 11.2 Å². The first kappa shape index (κ1) is 19.5. The molecule has 0 spiro atoms. The van der Waals surface area contributed by atoms with Crippen LogP contribution in [0.3, 0.4) is 0 Å². The largest absolute Gasteiger partial charge is 0.456 e. The van der Waals surface area contributed by atoms with Crippen LogP contribution in [0.1, 0.15) is 6.85 Å². The molecule has 0 aliphatic heterocycles. The topological polar surface area (TPSA) is 13.1 Å². The molecule has 0 amide bonds. The van der Waals surface area contributed by atoms with Gasteiger partial charge in [-0.2, -0.15) is 0 Å². The predicted octanol–water partition coefficient (Wildman–Crippen LogP) is 12.0. The molecule has 0 bridgehead atoms. The maximum absolute atomic E-state index is 8.84. The van der Waals surface area contributed by atoms with Gasteiger partial charge in [0.05, 0.1) is 6.85 Å². The molecule has 43 heavy (non-hydrogen) atoms. The third kappa shape index (κ3) is 3.72. The fourth-order valence-corrected chi connectivity index (χ4v) is 6.68. The van der Waals surface area contributed by atoms with Gasteiger partial charge in [-0.1, -0.05) is 133 Å². The zero-order chi connectivity index (χ0) is 32.7. The van der Waals surface area contributed by atoms with Crippen molar-refractivity contribution < 1.29 is 11.3 Å². The highest BCUT2D eigenvalue weighted by Crippen LogP contribution is 2.45. The second kappa shape index (κ2) is 9.44. The number of rotatable bonds is 3. The molecule has 0 fully saturated rings. The second-order valence-electron chi connectivity index (χ2n) is 10.9. The van der Waals surface area contributed by atoms with Gasteiger partial charge in [0.15, 0.2) is 0 Å². The average Bonchev–Trinajstić information content (AvgIpc) is 3.49. The van der Waals surface area contributed by atoms with Crippen LogP contribution in [0.15, 0.2) is 162 Å². The minimum absolute atomic E-state index is 0.208. The SMILES string of the molecule is [2H]c1c([2H])c([2H])c(-c2c3ccccc3c(-c3cccc(-c4cccc5oc6cc7ccccc7cc6c45)c3)c3ccccc23)c([2H])c1[2H]. The van der Waals surface area contributed by atoms with Crippen molar-refractivity contribution >= 4 is 54.3 Å². The monoisotopic (exact) mass is 551 g/mol. The van der Waals surface area contributed by atoms with Crippen molar-refractivity contribution in [3.8, 4) is 33.4 Å². The Morgan fingerprint density at radius 3 is 1.70 bits per heavy atom. The fraction of sp³-hybridized carbons (Fsp3) is 0. The first-order chi connectivity index (χ1) is 23.4. The van der Waals surface area contributed by atoms with Gasteiger partial charge in [0.25, 0.3) is 0 Å². The van der Waals surface area contributed by atoms with E-state index < -0.39 is 6.04 Å². The summed E-state index contributed by atoms with van der Waals surface area (Å²) in [5, 5.41) is 7.97. The van der Waals surface area contributed by atoms with E-state index >= 15 is 0 Å². The molecular formula is C42H26O. The van der Waals surface area contributed by atoms with E-state index in [4.69, 9.17) is 11.3 Å². The van der Waals surface area contributed by atoms with Crippen LogP contribution in [0.2, 0.25) is 0 Å². The summed E-state index contributed by atoms with van der Waals surface area (Å²) < 4.78 is 49.0. The Morgan fingerprint density at radius 1 is 0.419 bits per heavy atom. The van der Waals surface area contributed by atoms with Crippen molar-refractivity contribution in [1.29, 1.82) is 0 Å². The zero-order valence-electron chi connectivity index (χ0n) is 28.0. The first-order valence-corrected chi connectivity index (χ1v) is 14.4. The van der Waals surface area contributed by atoms with Crippen LogP contribution in [-0.4, -0.2) is 0 Å². The van der Waals surface area contributed by atoms with Crippen LogP contribution >= 0.6 is 0 Å². The molecule has 8 aromatic carbocycles. The van der Waals surface area contributed by atoms with E-state index in [2.05, 4.69) is 72.8 Å². The van der Waals surface area contributed by atoms with Crippen molar-refractivity contribution in [3.63, 3.8) is 0 Å². The molecular weight excluding hydrogens is 520 g/mol. The third-order valence-corrected chi connectivity index (χ3v) is 8.51. The summed E-state index contributed by atoms with van der Waals surface area (Å²) in [6, 6.07) is 41.8. The summed E-state index contributed by atoms with van der Waals surface area (Å²) in [6.07, 6.45) is 0. The van der Waals surface area contributed by atoms with Gasteiger partial charge >= 0.3 is 0 Å². The van der Waals surface area contributed by atoms with Crippen LogP contribution in [-0.2, 0) is 0 Å². The van der Waals surface area contributed by atoms with E-state index in [-0.39, 0.29) is 29.7 Å². The zero-order valence-corrected chi connectivity index (χ0v) is 23.0. The molecule has 0 atom stereocenters. The van der Waals surface area contributed by atoms with Gasteiger partial charge in [-0.05, 0) is 90.0 Å². The lowest BCUT2D eigenvalue weighted by molar-refractivity contribution is 0.669. The molecule has 9 rings (SSSR count). The number of benzene rings is 8. The average molecular weight is 552 g/mol. The van der Waals surface area contributed by atoms with E-state index in [0.29, 0.717) is 5.56 Å². The van der Waals surface area contributed by atoms with E-state index in [1.54, 1.807) is 0 Å². The maximum Gasteiger partial charge on any atom is 0.136 e. The number of hydrogen-bond acceptors (Lipinski definition) is 1. The summed E-state index contributed by atoms with van der Waals surface area (Å²) in [5.41, 5.74) is 6.70. The molecule has 0 unspecified atom stereocenters. The van der Waals surface area contributed by atoms with E-state index in [9.17, 15) is 0 Å². The van der Waals surface area contributed by atoms with Crippen molar-refractivity contribution in [1.82, 2.24) is 0 Å². The van der Waals surface area contributed by atoms with Crippen LogP contribution in [0.5, 0.6) is 0 Å². The molecule has 0 saturated heterocycles. The quantitative estimate of drug-likeness (QED) is 0.199. The molecule has 0 aliphatic carbocycles. The number of fused-ring (bicyclic) bond motifs is 6. The van der Waals surface area contributed by atoms with Crippen molar-refractivity contribution in [2.24, 2.45) is 0 Å². The van der Waals surface area contributed by atoms with Crippen LogP contribution in [0.25, 0.3) is 87.6 Å². The van der Waals surface area contributed by atoms with Gasteiger partial charge in [-0.25, -0.2) is 0 Å². The Labute approximate surface area is 256 Å². The van der Waals surface area contributed by atoms with Crippen LogP contribution in [0, 0.1) is 0 Å². The van der Waals surface area contributed by atoms with Gasteiger partial charge in [0.2, 0.25) is 0 Å². The maximum atomic E-state index is 8.84. The lowest BCUT2D eigenvalue weighted by atomic mass is 9.85. The Hall–Kier alpha value is -5.66. The highest BCUT2D eigenvalue weighted by atomic mass is 16.3. The van der Waals surface area contributed by atoms with Crippen molar-refractivity contribution in [3.05, 3.63) is 158 Å². The highest BCUT2D eigenvalue weighted by Gasteiger charge is 2.18. The molecule has 1 heterocycles. The third-order valence-electron chi connectivity index (χ3n) is 8.51. The van der Waals surface area contributed by atoms with E-state index in [0.717, 1.165) is 76.5 Å². The second-order valence-corrected chi connectivity index (χ2v) is 10.9. The van der Waals surface area contributed by atoms with Gasteiger partial charge in [-0.15, -0.1) is 0 Å². The Balaban J connectivity index is 1.33. The Kier molecular flexibility index (Phi) is 4.27. The van der Waals surface area contributed by atoms with E-state index in [1.165, 1.54) is 0 Å². The molecule has 0 aliphatic rings. The fourth-order valence-electron chi connectivity index (χ4n) is 6.68. The number of furan rings is 1. The lowest BCUT2D eigenvalue weighted by Gasteiger charge is -2.18. The minimum atomic E-state index is -0.399. The lowest BCUT2D eigenvalue weighted by Crippen LogP contribution is -1.91. The number of hydrogen-bond donors (Lipinski definition) is 0. The molecule has 200 valence electrons. The van der Waals surface area contributed by atoms with E-state index in [1.807, 2.05) is 54.6 Å². The van der Waals surface area contributed by atoms with Crippen LogP contribution < -0.4 is 0 Å². The Morgan fingerprint density at radius 2 is 1.00 bits per heavy atom. The normalized spacial score (nSPS) is 13.3. The minimum Gasteiger partial charge on any atom is -0.456 e. The summed E-state index contributed by atoms with van der Waals surface area (Å²) in [4.78, 5) is 0. The predicted molar refractivity (Wildman–Crippen MR) is 183 cm³/mol. The molecule has 1 heteroatoms. The molecule has 9 aromatic rings.